The van der Waals surface area contributed by atoms with Crippen molar-refractivity contribution in [1.82, 2.24) is 16.2 Å². The summed E-state index contributed by atoms with van der Waals surface area (Å²) in [6.07, 6.45) is 0.828. The van der Waals surface area contributed by atoms with E-state index in [1.165, 1.54) is 37.4 Å². The molecule has 3 amide bonds. The molecule has 0 radical (unpaired) electrons. The number of benzene rings is 2. The maximum atomic E-state index is 12.6. The van der Waals surface area contributed by atoms with Crippen LogP contribution in [0, 0.1) is 0 Å². The molecule has 0 saturated carbocycles. The molecule has 31 heavy (non-hydrogen) atoms. The molecular formula is C20H22ClN3O6S. The predicted molar refractivity (Wildman–Crippen MR) is 116 cm³/mol. The summed E-state index contributed by atoms with van der Waals surface area (Å²) in [6, 6.07) is 11.1. The number of nitrogens with one attached hydrogen (secondary N) is 3. The van der Waals surface area contributed by atoms with Gasteiger partial charge in [-0.15, -0.1) is 0 Å². The molecule has 1 unspecified atom stereocenters. The van der Waals surface area contributed by atoms with Crippen LogP contribution in [0.5, 0.6) is 5.75 Å². The summed E-state index contributed by atoms with van der Waals surface area (Å²) in [4.78, 5) is 37.4. The maximum Gasteiger partial charge on any atom is 0.269 e. The van der Waals surface area contributed by atoms with E-state index in [2.05, 4.69) is 16.2 Å². The van der Waals surface area contributed by atoms with Crippen LogP contribution in [-0.2, 0) is 14.6 Å². The van der Waals surface area contributed by atoms with Crippen molar-refractivity contribution in [1.29, 1.82) is 0 Å². The fourth-order valence-electron chi connectivity index (χ4n) is 2.55. The van der Waals surface area contributed by atoms with E-state index in [1.807, 2.05) is 0 Å². The summed E-state index contributed by atoms with van der Waals surface area (Å²) >= 11 is 5.78. The lowest BCUT2D eigenvalue weighted by Gasteiger charge is -2.19. The van der Waals surface area contributed by atoms with Gasteiger partial charge in [0, 0.05) is 16.8 Å². The van der Waals surface area contributed by atoms with Gasteiger partial charge >= 0.3 is 0 Å². The van der Waals surface area contributed by atoms with E-state index in [-0.39, 0.29) is 23.3 Å². The Hall–Kier alpha value is -3.11. The summed E-state index contributed by atoms with van der Waals surface area (Å²) in [5.74, 6) is -2.08. The van der Waals surface area contributed by atoms with Crippen molar-refractivity contribution in [2.75, 3.05) is 19.1 Å². The number of para-hydroxylation sites is 1. The van der Waals surface area contributed by atoms with Crippen molar-refractivity contribution in [2.24, 2.45) is 0 Å². The van der Waals surface area contributed by atoms with E-state index < -0.39 is 33.6 Å². The molecule has 11 heteroatoms. The quantitative estimate of drug-likeness (QED) is 0.502. The number of hydrazine groups is 1. The van der Waals surface area contributed by atoms with Gasteiger partial charge in [-0.2, -0.15) is 0 Å². The molecule has 9 nitrogen and oxygen atoms in total. The lowest BCUT2D eigenvalue weighted by Crippen LogP contribution is -2.52. The molecule has 2 aromatic rings. The Morgan fingerprint density at radius 1 is 1.00 bits per heavy atom. The Bertz CT molecular complexity index is 1060. The van der Waals surface area contributed by atoms with Crippen LogP contribution in [0.15, 0.2) is 48.5 Å². The van der Waals surface area contributed by atoms with E-state index in [4.69, 9.17) is 16.3 Å². The van der Waals surface area contributed by atoms with Crippen molar-refractivity contribution in [3.8, 4) is 5.75 Å². The molecule has 0 heterocycles. The Kier molecular flexibility index (Phi) is 8.40. The van der Waals surface area contributed by atoms with Gasteiger partial charge in [0.05, 0.1) is 18.4 Å². The molecule has 0 bridgehead atoms. The Morgan fingerprint density at radius 2 is 1.65 bits per heavy atom. The number of rotatable bonds is 8. The highest BCUT2D eigenvalue weighted by Gasteiger charge is 2.24. The van der Waals surface area contributed by atoms with Crippen molar-refractivity contribution in [3.05, 3.63) is 64.7 Å². The Labute approximate surface area is 185 Å². The molecule has 2 rings (SSSR count). The smallest absolute Gasteiger partial charge is 0.269 e. The molecule has 0 aliphatic rings. The molecule has 0 aromatic heterocycles. The lowest BCUT2D eigenvalue weighted by atomic mass is 10.1. The Morgan fingerprint density at radius 3 is 2.26 bits per heavy atom. The summed E-state index contributed by atoms with van der Waals surface area (Å²) in [5, 5.41) is 2.93. The summed E-state index contributed by atoms with van der Waals surface area (Å²) in [6.45, 7) is 0. The summed E-state index contributed by atoms with van der Waals surface area (Å²) < 4.78 is 28.2. The number of methoxy groups -OCH3 is 1. The van der Waals surface area contributed by atoms with Crippen molar-refractivity contribution >= 4 is 39.2 Å². The normalized spacial score (nSPS) is 11.8. The first-order valence-electron chi connectivity index (χ1n) is 9.08. The van der Waals surface area contributed by atoms with Crippen molar-refractivity contribution in [3.63, 3.8) is 0 Å². The monoisotopic (exact) mass is 467 g/mol. The second kappa shape index (κ2) is 10.8. The molecule has 0 aliphatic carbocycles. The average Bonchev–Trinajstić information content (AvgIpc) is 2.74. The topological polar surface area (TPSA) is 131 Å². The molecular weight excluding hydrogens is 446 g/mol. The molecule has 0 aliphatic heterocycles. The van der Waals surface area contributed by atoms with Gasteiger partial charge < -0.3 is 10.1 Å². The third kappa shape index (κ3) is 7.58. The highest BCUT2D eigenvalue weighted by Crippen LogP contribution is 2.17. The first kappa shape index (κ1) is 24.2. The van der Waals surface area contributed by atoms with Gasteiger partial charge in [-0.1, -0.05) is 23.7 Å². The minimum absolute atomic E-state index is 0.173. The number of carbonyl (C=O) groups excluding carboxylic acids is 3. The van der Waals surface area contributed by atoms with Gasteiger partial charge in [-0.3, -0.25) is 25.2 Å². The van der Waals surface area contributed by atoms with Gasteiger partial charge in [0.25, 0.3) is 17.7 Å². The third-order valence-electron chi connectivity index (χ3n) is 4.16. The van der Waals surface area contributed by atoms with Crippen LogP contribution in [0.4, 0.5) is 0 Å². The molecule has 0 saturated heterocycles. The fraction of sp³-hybridized carbons (Fsp3) is 0.250. The van der Waals surface area contributed by atoms with E-state index in [1.54, 1.807) is 18.2 Å². The van der Waals surface area contributed by atoms with Crippen molar-refractivity contribution in [2.45, 2.75) is 12.5 Å². The highest BCUT2D eigenvalue weighted by molar-refractivity contribution is 7.90. The van der Waals surface area contributed by atoms with Crippen LogP contribution in [0.25, 0.3) is 0 Å². The molecule has 166 valence electrons. The van der Waals surface area contributed by atoms with Crippen LogP contribution in [-0.4, -0.2) is 51.3 Å². The molecule has 0 spiro atoms. The molecule has 3 N–H and O–H groups in total. The minimum atomic E-state index is -3.40. The zero-order valence-electron chi connectivity index (χ0n) is 16.8. The summed E-state index contributed by atoms with van der Waals surface area (Å²) in [5.41, 5.74) is 4.85. The van der Waals surface area contributed by atoms with Gasteiger partial charge in [-0.25, -0.2) is 8.42 Å². The largest absolute Gasteiger partial charge is 0.496 e. The molecule has 2 aromatic carbocycles. The van der Waals surface area contributed by atoms with Crippen LogP contribution in [0.1, 0.15) is 27.1 Å². The van der Waals surface area contributed by atoms with E-state index in [0.717, 1.165) is 6.26 Å². The number of amides is 3. The maximum absolute atomic E-state index is 12.6. The highest BCUT2D eigenvalue weighted by atomic mass is 35.5. The van der Waals surface area contributed by atoms with Crippen LogP contribution in [0.2, 0.25) is 5.02 Å². The number of halogens is 1. The van der Waals surface area contributed by atoms with Gasteiger partial charge in [0.2, 0.25) is 0 Å². The SMILES string of the molecule is COc1ccccc1C(=O)NC(CCS(C)(=O)=O)C(=O)NNC(=O)c1ccc(Cl)cc1. The first-order valence-corrected chi connectivity index (χ1v) is 11.5. The number of ether oxygens (including phenoxy) is 1. The van der Waals surface area contributed by atoms with Gasteiger partial charge in [0.15, 0.2) is 0 Å². The number of carbonyl (C=O) groups is 3. The standard InChI is InChI=1S/C20H22ClN3O6S/c1-30-17-6-4-3-5-15(17)19(26)22-16(11-12-31(2,28)29)20(27)24-23-18(25)13-7-9-14(21)10-8-13/h3-10,16H,11-12H2,1-2H3,(H,22,26)(H,23,25)(H,24,27). The third-order valence-corrected chi connectivity index (χ3v) is 5.39. The zero-order chi connectivity index (χ0) is 23.0. The summed E-state index contributed by atoms with van der Waals surface area (Å²) in [7, 11) is -2.01. The van der Waals surface area contributed by atoms with Gasteiger partial charge in [0.1, 0.15) is 21.6 Å². The lowest BCUT2D eigenvalue weighted by molar-refractivity contribution is -0.123. The minimum Gasteiger partial charge on any atom is -0.496 e. The Balaban J connectivity index is 2.10. The first-order chi connectivity index (χ1) is 14.6. The second-order valence-electron chi connectivity index (χ2n) is 6.60. The van der Waals surface area contributed by atoms with E-state index in [9.17, 15) is 22.8 Å². The molecule has 1 atom stereocenters. The van der Waals surface area contributed by atoms with Crippen LogP contribution in [0.3, 0.4) is 0 Å². The average molecular weight is 468 g/mol. The molecule has 0 fully saturated rings. The number of hydrogen-bond acceptors (Lipinski definition) is 6. The second-order valence-corrected chi connectivity index (χ2v) is 9.29. The van der Waals surface area contributed by atoms with Crippen LogP contribution < -0.4 is 20.9 Å². The number of sulfone groups is 1. The van der Waals surface area contributed by atoms with E-state index >= 15 is 0 Å². The zero-order valence-corrected chi connectivity index (χ0v) is 18.4. The number of hydrogen-bond donors (Lipinski definition) is 3. The fourth-order valence-corrected chi connectivity index (χ4v) is 3.34. The predicted octanol–water partition coefficient (Wildman–Crippen LogP) is 1.34. The van der Waals surface area contributed by atoms with Crippen molar-refractivity contribution < 1.29 is 27.5 Å². The van der Waals surface area contributed by atoms with Crippen LogP contribution >= 0.6 is 11.6 Å². The van der Waals surface area contributed by atoms with E-state index in [0.29, 0.717) is 10.8 Å². The van der Waals surface area contributed by atoms with Gasteiger partial charge in [-0.05, 0) is 42.8 Å².